The van der Waals surface area contributed by atoms with Crippen molar-refractivity contribution in [1.82, 2.24) is 18.8 Å². The van der Waals surface area contributed by atoms with Crippen LogP contribution < -0.4 is 0 Å². The number of benzene rings is 3. The largest absolute Gasteiger partial charge is 0.270 e. The molecule has 1 aliphatic heterocycles. The molecule has 8 nitrogen and oxygen atoms in total. The van der Waals surface area contributed by atoms with E-state index >= 15 is 0 Å². The van der Waals surface area contributed by atoms with Crippen LogP contribution in [0.5, 0.6) is 0 Å². The standard InChI is InChI=1S/C30H24N4O4S/c1-3-20-16-21(10-11-22(20)17-33-29(35)24-6-4-5-7-25(24)30(33)36)27-26-14-15-34(28(26)32-18-31-27)39(37,38)23-12-8-19(2)9-13-23/h4-16,18H,3,17H2,1-2H3. The van der Waals surface area contributed by atoms with Gasteiger partial charge in [-0.3, -0.25) is 14.5 Å². The first-order valence-corrected chi connectivity index (χ1v) is 14.0. The van der Waals surface area contributed by atoms with Crippen molar-refractivity contribution in [3.63, 3.8) is 0 Å². The average molecular weight is 537 g/mol. The van der Waals surface area contributed by atoms with Gasteiger partial charge in [0.2, 0.25) is 0 Å². The Bertz CT molecular complexity index is 1860. The van der Waals surface area contributed by atoms with E-state index in [1.165, 1.54) is 21.4 Å². The Labute approximate surface area is 225 Å². The first-order valence-electron chi connectivity index (χ1n) is 12.5. The minimum absolute atomic E-state index is 0.167. The van der Waals surface area contributed by atoms with E-state index < -0.39 is 10.0 Å². The third-order valence-electron chi connectivity index (χ3n) is 7.09. The van der Waals surface area contributed by atoms with E-state index in [4.69, 9.17) is 0 Å². The topological polar surface area (TPSA) is 102 Å². The highest BCUT2D eigenvalue weighted by Gasteiger charge is 2.35. The van der Waals surface area contributed by atoms with Crippen LogP contribution in [0.25, 0.3) is 22.3 Å². The van der Waals surface area contributed by atoms with Gasteiger partial charge in [-0.1, -0.05) is 48.9 Å². The second kappa shape index (κ2) is 9.28. The summed E-state index contributed by atoms with van der Waals surface area (Å²) in [5.74, 6) is -0.592. The van der Waals surface area contributed by atoms with Crippen molar-refractivity contribution >= 4 is 32.9 Å². The smallest absolute Gasteiger partial charge is 0.269 e. The highest BCUT2D eigenvalue weighted by molar-refractivity contribution is 7.90. The number of imide groups is 1. The number of nitrogens with zero attached hydrogens (tertiary/aromatic N) is 4. The van der Waals surface area contributed by atoms with Gasteiger partial charge >= 0.3 is 0 Å². The summed E-state index contributed by atoms with van der Waals surface area (Å²) < 4.78 is 27.9. The molecule has 0 fully saturated rings. The summed E-state index contributed by atoms with van der Waals surface area (Å²) in [5, 5.41) is 0.600. The van der Waals surface area contributed by atoms with Crippen LogP contribution in [0.4, 0.5) is 0 Å². The quantitative estimate of drug-likeness (QED) is 0.283. The normalized spacial score (nSPS) is 13.3. The van der Waals surface area contributed by atoms with Gasteiger partial charge in [-0.25, -0.2) is 22.4 Å². The van der Waals surface area contributed by atoms with E-state index in [2.05, 4.69) is 9.97 Å². The summed E-state index contributed by atoms with van der Waals surface area (Å²) in [7, 11) is -3.85. The van der Waals surface area contributed by atoms with E-state index in [0.29, 0.717) is 28.6 Å². The van der Waals surface area contributed by atoms with Crippen LogP contribution in [-0.2, 0) is 23.0 Å². The second-order valence-corrected chi connectivity index (χ2v) is 11.3. The molecule has 0 radical (unpaired) electrons. The van der Waals surface area contributed by atoms with Crippen LogP contribution in [0.3, 0.4) is 0 Å². The molecule has 3 aromatic carbocycles. The van der Waals surface area contributed by atoms with Crippen LogP contribution in [0, 0.1) is 6.92 Å². The first-order chi connectivity index (χ1) is 18.8. The van der Waals surface area contributed by atoms with Gasteiger partial charge in [-0.05, 0) is 60.9 Å². The highest BCUT2D eigenvalue weighted by atomic mass is 32.2. The molecule has 0 N–H and O–H groups in total. The summed E-state index contributed by atoms with van der Waals surface area (Å²) in [6.07, 6.45) is 3.52. The third kappa shape index (κ3) is 4.02. The predicted octanol–water partition coefficient (Wildman–Crippen LogP) is 5.00. The van der Waals surface area contributed by atoms with Crippen molar-refractivity contribution in [2.75, 3.05) is 0 Å². The van der Waals surface area contributed by atoms with E-state index in [9.17, 15) is 18.0 Å². The third-order valence-corrected chi connectivity index (χ3v) is 8.77. The fourth-order valence-electron chi connectivity index (χ4n) is 4.99. The number of aromatic nitrogens is 3. The number of hydrogen-bond acceptors (Lipinski definition) is 6. The molecule has 2 aromatic heterocycles. The Kier molecular flexibility index (Phi) is 5.88. The van der Waals surface area contributed by atoms with Gasteiger partial charge in [0.25, 0.3) is 21.8 Å². The molecule has 0 spiro atoms. The molecule has 3 heterocycles. The van der Waals surface area contributed by atoms with Gasteiger partial charge in [-0.15, -0.1) is 0 Å². The second-order valence-electron chi connectivity index (χ2n) is 9.47. The lowest BCUT2D eigenvalue weighted by molar-refractivity contribution is 0.0642. The molecule has 9 heteroatoms. The maximum absolute atomic E-state index is 13.4. The summed E-state index contributed by atoms with van der Waals surface area (Å²) in [5.41, 5.74) is 5.30. The number of rotatable bonds is 6. The molecule has 194 valence electrons. The van der Waals surface area contributed by atoms with Gasteiger partial charge in [0, 0.05) is 17.1 Å². The van der Waals surface area contributed by atoms with Crippen LogP contribution in [-0.4, -0.2) is 39.1 Å². The van der Waals surface area contributed by atoms with Gasteiger partial charge in [0.05, 0.1) is 28.3 Å². The number of aryl methyl sites for hydroxylation is 2. The van der Waals surface area contributed by atoms with Gasteiger partial charge in [0.1, 0.15) is 6.33 Å². The Morgan fingerprint density at radius 3 is 2.18 bits per heavy atom. The number of carbonyl (C=O) groups excluding carboxylic acids is 2. The lowest BCUT2D eigenvalue weighted by Gasteiger charge is -2.17. The van der Waals surface area contributed by atoms with Gasteiger partial charge < -0.3 is 0 Å². The molecule has 6 rings (SSSR count). The summed E-state index contributed by atoms with van der Waals surface area (Å²) in [6.45, 7) is 4.07. The zero-order chi connectivity index (χ0) is 27.3. The van der Waals surface area contributed by atoms with Crippen LogP contribution >= 0.6 is 0 Å². The lowest BCUT2D eigenvalue weighted by Crippen LogP contribution is -2.29. The predicted molar refractivity (Wildman–Crippen MR) is 147 cm³/mol. The number of carbonyl (C=O) groups is 2. The molecule has 0 bridgehead atoms. The Balaban J connectivity index is 1.36. The molecule has 0 unspecified atom stereocenters. The summed E-state index contributed by atoms with van der Waals surface area (Å²) >= 11 is 0. The summed E-state index contributed by atoms with van der Waals surface area (Å²) in [4.78, 5) is 36.0. The van der Waals surface area contributed by atoms with E-state index in [0.717, 1.165) is 22.3 Å². The van der Waals surface area contributed by atoms with E-state index in [1.54, 1.807) is 54.6 Å². The van der Waals surface area contributed by atoms with Crippen molar-refractivity contribution in [3.05, 3.63) is 113 Å². The van der Waals surface area contributed by atoms with Crippen LogP contribution in [0.15, 0.2) is 90.2 Å². The van der Waals surface area contributed by atoms with Crippen LogP contribution in [0.1, 0.15) is 44.3 Å². The lowest BCUT2D eigenvalue weighted by atomic mass is 9.99. The maximum Gasteiger partial charge on any atom is 0.269 e. The highest BCUT2D eigenvalue weighted by Crippen LogP contribution is 2.31. The molecule has 0 saturated carbocycles. The fourth-order valence-corrected chi connectivity index (χ4v) is 6.29. The SMILES string of the molecule is CCc1cc(-c2ncnc3c2ccn3S(=O)(=O)c2ccc(C)cc2)ccc1CN1C(=O)c2ccccc2C1=O. The van der Waals surface area contributed by atoms with Crippen molar-refractivity contribution in [3.8, 4) is 11.3 Å². The average Bonchev–Trinajstić information content (AvgIpc) is 3.50. The molecule has 2 amide bonds. The number of fused-ring (bicyclic) bond motifs is 2. The fraction of sp³-hybridized carbons (Fsp3) is 0.133. The molecule has 0 saturated heterocycles. The molecule has 0 aliphatic carbocycles. The van der Waals surface area contributed by atoms with Gasteiger partial charge in [-0.2, -0.15) is 0 Å². The molecule has 39 heavy (non-hydrogen) atoms. The molecule has 1 aliphatic rings. The Morgan fingerprint density at radius 2 is 1.51 bits per heavy atom. The Morgan fingerprint density at radius 1 is 0.821 bits per heavy atom. The minimum Gasteiger partial charge on any atom is -0.270 e. The van der Waals surface area contributed by atoms with E-state index in [1.807, 2.05) is 32.0 Å². The van der Waals surface area contributed by atoms with Gasteiger partial charge in [0.15, 0.2) is 5.65 Å². The zero-order valence-corrected chi connectivity index (χ0v) is 22.1. The minimum atomic E-state index is -3.85. The van der Waals surface area contributed by atoms with Crippen LogP contribution in [0.2, 0.25) is 0 Å². The molecular weight excluding hydrogens is 512 g/mol. The molecule has 5 aromatic rings. The number of hydrogen-bond donors (Lipinski definition) is 0. The van der Waals surface area contributed by atoms with Crippen molar-refractivity contribution in [2.45, 2.75) is 31.7 Å². The summed E-state index contributed by atoms with van der Waals surface area (Å²) in [6, 6.07) is 21.0. The monoisotopic (exact) mass is 536 g/mol. The van der Waals surface area contributed by atoms with Crippen molar-refractivity contribution < 1.29 is 18.0 Å². The molecular formula is C30H24N4O4S. The van der Waals surface area contributed by atoms with Crippen molar-refractivity contribution in [2.24, 2.45) is 0 Å². The molecule has 0 atom stereocenters. The zero-order valence-electron chi connectivity index (χ0n) is 21.3. The number of amides is 2. The maximum atomic E-state index is 13.4. The van der Waals surface area contributed by atoms with E-state index in [-0.39, 0.29) is 28.9 Å². The Hall–Kier alpha value is -4.63. The first kappa shape index (κ1) is 24.7. The van der Waals surface area contributed by atoms with Crippen molar-refractivity contribution in [1.29, 1.82) is 0 Å².